The summed E-state index contributed by atoms with van der Waals surface area (Å²) in [6.45, 7) is 1.48. The zero-order valence-corrected chi connectivity index (χ0v) is 11.6. The van der Waals surface area contributed by atoms with Gasteiger partial charge in [-0.1, -0.05) is 0 Å². The fourth-order valence-electron chi connectivity index (χ4n) is 2.91. The molecule has 0 aromatic heterocycles. The third-order valence-corrected chi connectivity index (χ3v) is 4.00. The van der Waals surface area contributed by atoms with Crippen molar-refractivity contribution in [3.63, 3.8) is 0 Å². The highest BCUT2D eigenvalue weighted by Crippen LogP contribution is 2.22. The van der Waals surface area contributed by atoms with Crippen molar-refractivity contribution >= 4 is 11.9 Å². The molecule has 2 aliphatic rings. The van der Waals surface area contributed by atoms with Gasteiger partial charge < -0.3 is 14.4 Å². The Morgan fingerprint density at radius 3 is 2.79 bits per heavy atom. The Balaban J connectivity index is 1.79. The summed E-state index contributed by atoms with van der Waals surface area (Å²) in [5, 5.41) is 0. The molecule has 1 amide bonds. The van der Waals surface area contributed by atoms with Gasteiger partial charge in [-0.3, -0.25) is 4.79 Å². The molecule has 108 valence electrons. The molecule has 5 heteroatoms. The van der Waals surface area contributed by atoms with E-state index in [9.17, 15) is 9.59 Å². The minimum absolute atomic E-state index is 0.0575. The van der Waals surface area contributed by atoms with Gasteiger partial charge in [-0.05, 0) is 38.5 Å². The first kappa shape index (κ1) is 14.3. The highest BCUT2D eigenvalue weighted by atomic mass is 16.5. The molecule has 0 N–H and O–H groups in total. The summed E-state index contributed by atoms with van der Waals surface area (Å²) in [5.74, 6) is -0.234. The zero-order valence-electron chi connectivity index (χ0n) is 11.6. The Hall–Kier alpha value is -1.10. The maximum absolute atomic E-state index is 12.2. The van der Waals surface area contributed by atoms with Gasteiger partial charge in [-0.25, -0.2) is 4.79 Å². The Bertz CT molecular complexity index is 325. The van der Waals surface area contributed by atoms with E-state index >= 15 is 0 Å². The maximum Gasteiger partial charge on any atom is 0.328 e. The van der Waals surface area contributed by atoms with Crippen LogP contribution in [0.15, 0.2) is 0 Å². The summed E-state index contributed by atoms with van der Waals surface area (Å²) in [6, 6.07) is -0.371. The number of amides is 1. The minimum atomic E-state index is -0.371. The van der Waals surface area contributed by atoms with Gasteiger partial charge in [0.2, 0.25) is 5.91 Å². The second-order valence-corrected chi connectivity index (χ2v) is 5.30. The molecule has 2 fully saturated rings. The largest absolute Gasteiger partial charge is 0.467 e. The number of carbonyl (C=O) groups excluding carboxylic acids is 2. The van der Waals surface area contributed by atoms with Crippen molar-refractivity contribution in [2.75, 3.05) is 20.3 Å². The van der Waals surface area contributed by atoms with Crippen molar-refractivity contribution in [3.05, 3.63) is 0 Å². The number of hydrogen-bond donors (Lipinski definition) is 0. The summed E-state index contributed by atoms with van der Waals surface area (Å²) >= 11 is 0. The summed E-state index contributed by atoms with van der Waals surface area (Å²) in [4.78, 5) is 25.5. The molecular formula is C14H23NO4. The molecule has 2 unspecified atom stereocenters. The van der Waals surface area contributed by atoms with Crippen LogP contribution >= 0.6 is 0 Å². The molecule has 0 aliphatic carbocycles. The molecule has 2 atom stereocenters. The molecule has 5 nitrogen and oxygen atoms in total. The average Bonchev–Trinajstić information content (AvgIpc) is 2.94. The molecular weight excluding hydrogens is 246 g/mol. The van der Waals surface area contributed by atoms with Crippen LogP contribution in [0.4, 0.5) is 0 Å². The van der Waals surface area contributed by atoms with Crippen LogP contribution in [0.5, 0.6) is 0 Å². The highest BCUT2D eigenvalue weighted by molar-refractivity contribution is 5.85. The predicted molar refractivity (Wildman–Crippen MR) is 69.6 cm³/mol. The number of methoxy groups -OCH3 is 1. The van der Waals surface area contributed by atoms with E-state index in [1.165, 1.54) is 13.5 Å². The number of esters is 1. The van der Waals surface area contributed by atoms with Gasteiger partial charge in [0.05, 0.1) is 13.2 Å². The van der Waals surface area contributed by atoms with Gasteiger partial charge in [-0.15, -0.1) is 0 Å². The van der Waals surface area contributed by atoms with Gasteiger partial charge in [0.15, 0.2) is 0 Å². The number of nitrogens with zero attached hydrogens (tertiary/aromatic N) is 1. The first-order chi connectivity index (χ1) is 9.22. The van der Waals surface area contributed by atoms with Gasteiger partial charge in [0.1, 0.15) is 6.04 Å². The summed E-state index contributed by atoms with van der Waals surface area (Å²) in [5.41, 5.74) is 0. The normalized spacial score (nSPS) is 27.3. The predicted octanol–water partition coefficient (Wildman–Crippen LogP) is 1.50. The Labute approximate surface area is 114 Å². The SMILES string of the molecule is COC(=O)C1CCCN1C(=O)CCC1CCCCO1. The molecule has 2 saturated heterocycles. The molecule has 0 bridgehead atoms. The van der Waals surface area contributed by atoms with Crippen molar-refractivity contribution in [2.24, 2.45) is 0 Å². The van der Waals surface area contributed by atoms with Crippen LogP contribution in [0.3, 0.4) is 0 Å². The topological polar surface area (TPSA) is 55.8 Å². The molecule has 0 aromatic carbocycles. The van der Waals surface area contributed by atoms with E-state index in [-0.39, 0.29) is 24.0 Å². The first-order valence-corrected chi connectivity index (χ1v) is 7.21. The van der Waals surface area contributed by atoms with Gasteiger partial charge in [0.25, 0.3) is 0 Å². The lowest BCUT2D eigenvalue weighted by atomic mass is 10.0. The fourth-order valence-corrected chi connectivity index (χ4v) is 2.91. The van der Waals surface area contributed by atoms with Crippen LogP contribution in [0.2, 0.25) is 0 Å². The molecule has 2 aliphatic heterocycles. The van der Waals surface area contributed by atoms with E-state index in [0.717, 1.165) is 38.7 Å². The molecule has 0 radical (unpaired) electrons. The smallest absolute Gasteiger partial charge is 0.328 e. The fraction of sp³-hybridized carbons (Fsp3) is 0.857. The second kappa shape index (κ2) is 6.89. The number of ether oxygens (including phenoxy) is 2. The van der Waals surface area contributed by atoms with E-state index < -0.39 is 0 Å². The van der Waals surface area contributed by atoms with E-state index in [2.05, 4.69) is 0 Å². The highest BCUT2D eigenvalue weighted by Gasteiger charge is 2.34. The Morgan fingerprint density at radius 2 is 2.11 bits per heavy atom. The third kappa shape index (κ3) is 3.69. The monoisotopic (exact) mass is 269 g/mol. The maximum atomic E-state index is 12.2. The van der Waals surface area contributed by atoms with Crippen molar-refractivity contribution in [3.8, 4) is 0 Å². The van der Waals surface area contributed by atoms with E-state index in [1.807, 2.05) is 0 Å². The van der Waals surface area contributed by atoms with Crippen LogP contribution in [-0.2, 0) is 19.1 Å². The Morgan fingerprint density at radius 1 is 1.26 bits per heavy atom. The van der Waals surface area contributed by atoms with Crippen molar-refractivity contribution in [2.45, 2.75) is 57.1 Å². The molecule has 0 aromatic rings. The second-order valence-electron chi connectivity index (χ2n) is 5.30. The molecule has 2 rings (SSSR count). The quantitative estimate of drug-likeness (QED) is 0.726. The lowest BCUT2D eigenvalue weighted by Crippen LogP contribution is -2.41. The van der Waals surface area contributed by atoms with Crippen molar-refractivity contribution in [1.82, 2.24) is 4.90 Å². The standard InChI is InChI=1S/C14H23NO4/c1-18-14(17)12-6-4-9-15(12)13(16)8-7-11-5-2-3-10-19-11/h11-12H,2-10H2,1H3. The van der Waals surface area contributed by atoms with E-state index in [1.54, 1.807) is 4.90 Å². The van der Waals surface area contributed by atoms with Crippen LogP contribution in [0.25, 0.3) is 0 Å². The zero-order chi connectivity index (χ0) is 13.7. The van der Waals surface area contributed by atoms with Crippen LogP contribution in [0, 0.1) is 0 Å². The summed E-state index contributed by atoms with van der Waals surface area (Å²) in [6.07, 6.45) is 6.42. The van der Waals surface area contributed by atoms with Crippen LogP contribution in [-0.4, -0.2) is 49.2 Å². The third-order valence-electron chi connectivity index (χ3n) is 4.00. The molecule has 0 spiro atoms. The summed E-state index contributed by atoms with van der Waals surface area (Å²) in [7, 11) is 1.37. The Kier molecular flexibility index (Phi) is 5.19. The van der Waals surface area contributed by atoms with Crippen molar-refractivity contribution in [1.29, 1.82) is 0 Å². The lowest BCUT2D eigenvalue weighted by Gasteiger charge is -2.25. The van der Waals surface area contributed by atoms with Crippen LogP contribution < -0.4 is 0 Å². The summed E-state index contributed by atoms with van der Waals surface area (Å²) < 4.78 is 10.4. The number of rotatable bonds is 4. The van der Waals surface area contributed by atoms with Gasteiger partial charge in [0, 0.05) is 19.6 Å². The van der Waals surface area contributed by atoms with Gasteiger partial charge >= 0.3 is 5.97 Å². The average molecular weight is 269 g/mol. The number of likely N-dealkylation sites (tertiary alicyclic amines) is 1. The minimum Gasteiger partial charge on any atom is -0.467 e. The van der Waals surface area contributed by atoms with E-state index in [4.69, 9.17) is 9.47 Å². The molecule has 0 saturated carbocycles. The van der Waals surface area contributed by atoms with Gasteiger partial charge in [-0.2, -0.15) is 0 Å². The van der Waals surface area contributed by atoms with Crippen molar-refractivity contribution < 1.29 is 19.1 Å². The lowest BCUT2D eigenvalue weighted by molar-refractivity contribution is -0.151. The number of hydrogen-bond acceptors (Lipinski definition) is 4. The molecule has 19 heavy (non-hydrogen) atoms. The molecule has 2 heterocycles. The first-order valence-electron chi connectivity index (χ1n) is 7.21. The number of carbonyl (C=O) groups is 2. The van der Waals surface area contributed by atoms with Crippen LogP contribution in [0.1, 0.15) is 44.9 Å². The van der Waals surface area contributed by atoms with E-state index in [0.29, 0.717) is 13.0 Å².